The molecule has 1 heterocycles. The Kier molecular flexibility index (Phi) is 5.19. The lowest BCUT2D eigenvalue weighted by Crippen LogP contribution is -2.11. The standard InChI is InChI=1S/C21H21NO2S/c1-14-5-4-6-18(10-14)24-12-17-11-20(25-13-17)21(23)22-19-8-7-15(2)9-16(19)3/h4-11,13H,12H2,1-3H3,(H,22,23). The maximum Gasteiger partial charge on any atom is 0.265 e. The number of thiophene rings is 1. The molecule has 0 atom stereocenters. The van der Waals surface area contributed by atoms with Crippen molar-refractivity contribution in [3.63, 3.8) is 0 Å². The van der Waals surface area contributed by atoms with Crippen molar-refractivity contribution in [1.29, 1.82) is 0 Å². The summed E-state index contributed by atoms with van der Waals surface area (Å²) in [5, 5.41) is 4.94. The average molecular weight is 351 g/mol. The molecule has 3 rings (SSSR count). The van der Waals surface area contributed by atoms with Gasteiger partial charge in [-0.1, -0.05) is 29.8 Å². The SMILES string of the molecule is Cc1cccc(OCc2csc(C(=O)Nc3ccc(C)cc3C)c2)c1. The zero-order chi connectivity index (χ0) is 17.8. The Morgan fingerprint density at radius 2 is 1.84 bits per heavy atom. The summed E-state index contributed by atoms with van der Waals surface area (Å²) in [4.78, 5) is 13.1. The van der Waals surface area contributed by atoms with Crippen molar-refractivity contribution in [3.8, 4) is 5.75 Å². The Bertz CT molecular complexity index is 898. The molecule has 3 nitrogen and oxygen atoms in total. The Hall–Kier alpha value is -2.59. The zero-order valence-corrected chi connectivity index (χ0v) is 15.4. The Morgan fingerprint density at radius 3 is 2.60 bits per heavy atom. The van der Waals surface area contributed by atoms with Crippen LogP contribution in [-0.2, 0) is 6.61 Å². The van der Waals surface area contributed by atoms with Crippen molar-refractivity contribution in [2.75, 3.05) is 5.32 Å². The van der Waals surface area contributed by atoms with E-state index in [2.05, 4.69) is 11.4 Å². The van der Waals surface area contributed by atoms with E-state index in [1.165, 1.54) is 16.9 Å². The van der Waals surface area contributed by atoms with Gasteiger partial charge in [-0.15, -0.1) is 11.3 Å². The number of carbonyl (C=O) groups is 1. The number of nitrogens with one attached hydrogen (secondary N) is 1. The Morgan fingerprint density at radius 1 is 1.04 bits per heavy atom. The molecule has 1 amide bonds. The first-order chi connectivity index (χ1) is 12.0. The third kappa shape index (κ3) is 4.48. The lowest BCUT2D eigenvalue weighted by atomic mass is 10.1. The molecule has 128 valence electrons. The van der Waals surface area contributed by atoms with E-state index in [4.69, 9.17) is 4.74 Å². The lowest BCUT2D eigenvalue weighted by Gasteiger charge is -2.08. The summed E-state index contributed by atoms with van der Waals surface area (Å²) in [5.41, 5.74) is 5.25. The third-order valence-corrected chi connectivity index (χ3v) is 4.88. The number of benzene rings is 2. The van der Waals surface area contributed by atoms with E-state index >= 15 is 0 Å². The minimum absolute atomic E-state index is 0.0845. The first-order valence-corrected chi connectivity index (χ1v) is 9.05. The predicted octanol–water partition coefficient (Wildman–Crippen LogP) is 5.50. The highest BCUT2D eigenvalue weighted by Crippen LogP contribution is 2.21. The average Bonchev–Trinajstić information content (AvgIpc) is 3.05. The van der Waals surface area contributed by atoms with Gasteiger partial charge in [-0.2, -0.15) is 0 Å². The Balaban J connectivity index is 1.63. The van der Waals surface area contributed by atoms with Gasteiger partial charge in [-0.3, -0.25) is 4.79 Å². The van der Waals surface area contributed by atoms with Crippen molar-refractivity contribution in [3.05, 3.63) is 81.0 Å². The molecule has 0 spiro atoms. The van der Waals surface area contributed by atoms with Gasteiger partial charge in [0, 0.05) is 11.3 Å². The fourth-order valence-corrected chi connectivity index (χ4v) is 3.37. The van der Waals surface area contributed by atoms with Gasteiger partial charge in [0.25, 0.3) is 5.91 Å². The Labute approximate surface area is 152 Å². The molecule has 1 N–H and O–H groups in total. The van der Waals surface area contributed by atoms with Crippen molar-refractivity contribution in [1.82, 2.24) is 0 Å². The number of aryl methyl sites for hydroxylation is 3. The number of hydrogen-bond acceptors (Lipinski definition) is 3. The topological polar surface area (TPSA) is 38.3 Å². The van der Waals surface area contributed by atoms with Crippen LogP contribution < -0.4 is 10.1 Å². The number of ether oxygens (including phenoxy) is 1. The largest absolute Gasteiger partial charge is 0.489 e. The quantitative estimate of drug-likeness (QED) is 0.659. The lowest BCUT2D eigenvalue weighted by molar-refractivity contribution is 0.103. The van der Waals surface area contributed by atoms with E-state index in [-0.39, 0.29) is 5.91 Å². The third-order valence-electron chi connectivity index (χ3n) is 3.90. The highest BCUT2D eigenvalue weighted by Gasteiger charge is 2.11. The fourth-order valence-electron chi connectivity index (χ4n) is 2.58. The molecule has 0 radical (unpaired) electrons. The van der Waals surface area contributed by atoms with Gasteiger partial charge in [0.2, 0.25) is 0 Å². The summed E-state index contributed by atoms with van der Waals surface area (Å²) in [5.74, 6) is 0.756. The molecular formula is C21H21NO2S. The molecule has 0 bridgehead atoms. The van der Waals surface area contributed by atoms with E-state index in [9.17, 15) is 4.79 Å². The smallest absolute Gasteiger partial charge is 0.265 e. The second-order valence-corrected chi connectivity index (χ2v) is 7.11. The van der Waals surface area contributed by atoms with Crippen LogP contribution >= 0.6 is 11.3 Å². The molecule has 0 aliphatic rings. The summed E-state index contributed by atoms with van der Waals surface area (Å²) in [6.07, 6.45) is 0. The number of hydrogen-bond donors (Lipinski definition) is 1. The molecule has 0 aliphatic heterocycles. The highest BCUT2D eigenvalue weighted by atomic mass is 32.1. The van der Waals surface area contributed by atoms with Gasteiger partial charge < -0.3 is 10.1 Å². The van der Waals surface area contributed by atoms with Crippen molar-refractivity contribution < 1.29 is 9.53 Å². The monoisotopic (exact) mass is 351 g/mol. The number of carbonyl (C=O) groups excluding carboxylic acids is 1. The maximum atomic E-state index is 12.4. The van der Waals surface area contributed by atoms with Crippen LogP contribution in [0, 0.1) is 20.8 Å². The van der Waals surface area contributed by atoms with Gasteiger partial charge >= 0.3 is 0 Å². The molecule has 3 aromatic rings. The van der Waals surface area contributed by atoms with E-state index in [1.54, 1.807) is 0 Å². The number of amides is 1. The van der Waals surface area contributed by atoms with E-state index < -0.39 is 0 Å². The molecular weight excluding hydrogens is 330 g/mol. The van der Waals surface area contributed by atoms with Gasteiger partial charge in [0.1, 0.15) is 12.4 Å². The second kappa shape index (κ2) is 7.53. The fraction of sp³-hybridized carbons (Fsp3) is 0.190. The maximum absolute atomic E-state index is 12.4. The van der Waals surface area contributed by atoms with Crippen LogP contribution in [-0.4, -0.2) is 5.91 Å². The molecule has 0 fully saturated rings. The van der Waals surface area contributed by atoms with E-state index in [1.807, 2.05) is 68.6 Å². The van der Waals surface area contributed by atoms with Crippen molar-refractivity contribution in [2.24, 2.45) is 0 Å². The summed E-state index contributed by atoms with van der Waals surface area (Å²) in [6, 6.07) is 15.8. The normalized spacial score (nSPS) is 10.5. The predicted molar refractivity (Wildman–Crippen MR) is 104 cm³/mol. The first kappa shape index (κ1) is 17.2. The molecule has 0 aliphatic carbocycles. The highest BCUT2D eigenvalue weighted by molar-refractivity contribution is 7.12. The minimum Gasteiger partial charge on any atom is -0.489 e. The van der Waals surface area contributed by atoms with Crippen LogP contribution in [0.3, 0.4) is 0 Å². The second-order valence-electron chi connectivity index (χ2n) is 6.20. The molecule has 0 saturated carbocycles. The summed E-state index contributed by atoms with van der Waals surface area (Å²) < 4.78 is 5.79. The van der Waals surface area contributed by atoms with Crippen LogP contribution in [0.4, 0.5) is 5.69 Å². The van der Waals surface area contributed by atoms with Gasteiger partial charge in [-0.25, -0.2) is 0 Å². The van der Waals surface area contributed by atoms with Crippen molar-refractivity contribution >= 4 is 22.9 Å². The van der Waals surface area contributed by atoms with Crippen molar-refractivity contribution in [2.45, 2.75) is 27.4 Å². The van der Waals surface area contributed by atoms with Crippen LogP contribution in [0.1, 0.15) is 31.9 Å². The van der Waals surface area contributed by atoms with E-state index in [0.29, 0.717) is 11.5 Å². The van der Waals surface area contributed by atoms with Crippen LogP contribution in [0.25, 0.3) is 0 Å². The molecule has 25 heavy (non-hydrogen) atoms. The van der Waals surface area contributed by atoms with Gasteiger partial charge in [0.05, 0.1) is 4.88 Å². The number of anilines is 1. The van der Waals surface area contributed by atoms with Crippen LogP contribution in [0.5, 0.6) is 5.75 Å². The molecule has 0 saturated heterocycles. The molecule has 2 aromatic carbocycles. The zero-order valence-electron chi connectivity index (χ0n) is 14.6. The molecule has 1 aromatic heterocycles. The van der Waals surface area contributed by atoms with E-state index in [0.717, 1.165) is 28.1 Å². The molecule has 4 heteroatoms. The first-order valence-electron chi connectivity index (χ1n) is 8.17. The summed E-state index contributed by atoms with van der Waals surface area (Å²) in [7, 11) is 0. The van der Waals surface area contributed by atoms with Gasteiger partial charge in [0.15, 0.2) is 0 Å². The van der Waals surface area contributed by atoms with Crippen LogP contribution in [0.2, 0.25) is 0 Å². The van der Waals surface area contributed by atoms with Gasteiger partial charge in [-0.05, 0) is 61.5 Å². The van der Waals surface area contributed by atoms with Crippen LogP contribution in [0.15, 0.2) is 53.9 Å². The molecule has 0 unspecified atom stereocenters. The summed E-state index contributed by atoms with van der Waals surface area (Å²) in [6.45, 7) is 6.53. The number of rotatable bonds is 5. The summed E-state index contributed by atoms with van der Waals surface area (Å²) >= 11 is 1.43. The minimum atomic E-state index is -0.0845.